The Balaban J connectivity index is 1.44. The number of aromatic amines is 1. The average Bonchev–Trinajstić information content (AvgIpc) is 3.38. The van der Waals surface area contributed by atoms with Gasteiger partial charge in [-0.2, -0.15) is 0 Å². The maximum atomic E-state index is 14.1. The van der Waals surface area contributed by atoms with E-state index in [1.165, 1.54) is 5.69 Å². The number of alkyl halides is 1. The highest BCUT2D eigenvalue weighted by atomic mass is 19.1. The van der Waals surface area contributed by atoms with Crippen LogP contribution in [0, 0.1) is 0 Å². The van der Waals surface area contributed by atoms with Gasteiger partial charge in [0.05, 0.1) is 42.8 Å². The Hall–Kier alpha value is -2.77. The minimum absolute atomic E-state index is 0.383. The molecule has 0 spiro atoms. The fourth-order valence-electron chi connectivity index (χ4n) is 4.87. The molecule has 1 atom stereocenters. The predicted octanol–water partition coefficient (Wildman–Crippen LogP) is 3.44. The largest absolute Gasteiger partial charge is 0.378 e. The zero-order valence-corrected chi connectivity index (χ0v) is 17.4. The number of anilines is 1. The van der Waals surface area contributed by atoms with Crippen LogP contribution in [0.25, 0.3) is 22.5 Å². The Labute approximate surface area is 181 Å². The molecule has 0 amide bonds. The summed E-state index contributed by atoms with van der Waals surface area (Å²) < 4.78 is 19.4. The highest BCUT2D eigenvalue weighted by Crippen LogP contribution is 2.39. The number of H-pyrrole nitrogens is 1. The molecule has 2 aromatic heterocycles. The number of hydrogen-bond acceptors (Lipinski definition) is 5. The summed E-state index contributed by atoms with van der Waals surface area (Å²) in [6.45, 7) is 4.57. The molecule has 6 rings (SSSR count). The molecular formula is C24H26FN5O. The fourth-order valence-corrected chi connectivity index (χ4v) is 4.87. The lowest BCUT2D eigenvalue weighted by molar-refractivity contribution is -0.0699. The standard InChI is InChI=1S/C24H26FN5O/c25-17-7-10-30(12-17)24-22(19(6-9-26-24)16-4-2-1-3-5-16)23-27-20-8-11-29(13-21(20)28-23)18-14-31-15-18/h1-6,9,17-18H,7-8,10-15H2,(H,27,28). The van der Waals surface area contributed by atoms with Crippen molar-refractivity contribution < 1.29 is 9.13 Å². The maximum absolute atomic E-state index is 14.1. The molecule has 0 radical (unpaired) electrons. The molecule has 6 nitrogen and oxygen atoms in total. The van der Waals surface area contributed by atoms with Gasteiger partial charge in [-0.1, -0.05) is 30.3 Å². The van der Waals surface area contributed by atoms with Crippen molar-refractivity contribution in [2.75, 3.05) is 37.7 Å². The van der Waals surface area contributed by atoms with Crippen LogP contribution in [0.2, 0.25) is 0 Å². The second-order valence-corrected chi connectivity index (χ2v) is 8.68. The number of benzene rings is 1. The van der Waals surface area contributed by atoms with E-state index in [0.29, 0.717) is 25.6 Å². The SMILES string of the molecule is FC1CCN(c2nccc(-c3ccccc3)c2-c2nc3c([nH]2)CN(C2COC2)CC3)C1. The predicted molar refractivity (Wildman–Crippen MR) is 118 cm³/mol. The Morgan fingerprint density at radius 3 is 2.71 bits per heavy atom. The van der Waals surface area contributed by atoms with Gasteiger partial charge in [-0.25, -0.2) is 14.4 Å². The van der Waals surface area contributed by atoms with Crippen LogP contribution >= 0.6 is 0 Å². The van der Waals surface area contributed by atoms with E-state index in [-0.39, 0.29) is 0 Å². The zero-order valence-electron chi connectivity index (χ0n) is 17.4. The minimum Gasteiger partial charge on any atom is -0.378 e. The lowest BCUT2D eigenvalue weighted by Crippen LogP contribution is -2.50. The van der Waals surface area contributed by atoms with Crippen LogP contribution < -0.4 is 4.90 Å². The van der Waals surface area contributed by atoms with Crippen LogP contribution in [0.3, 0.4) is 0 Å². The van der Waals surface area contributed by atoms with Gasteiger partial charge in [0.2, 0.25) is 0 Å². The Bertz CT molecular complexity index is 1080. The molecule has 3 aromatic rings. The van der Waals surface area contributed by atoms with Crippen molar-refractivity contribution in [2.45, 2.75) is 31.6 Å². The molecule has 0 bridgehead atoms. The molecule has 31 heavy (non-hydrogen) atoms. The number of nitrogens with zero attached hydrogens (tertiary/aromatic N) is 4. The van der Waals surface area contributed by atoms with E-state index in [1.54, 1.807) is 0 Å². The summed E-state index contributed by atoms with van der Waals surface area (Å²) in [7, 11) is 0. The minimum atomic E-state index is -0.807. The van der Waals surface area contributed by atoms with E-state index in [9.17, 15) is 4.39 Å². The summed E-state index contributed by atoms with van der Waals surface area (Å²) in [4.78, 5) is 17.9. The molecule has 3 aliphatic heterocycles. The van der Waals surface area contributed by atoms with Crippen LogP contribution in [0.15, 0.2) is 42.6 Å². The van der Waals surface area contributed by atoms with Crippen molar-refractivity contribution in [3.05, 3.63) is 54.0 Å². The quantitative estimate of drug-likeness (QED) is 0.702. The zero-order chi connectivity index (χ0) is 20.8. The van der Waals surface area contributed by atoms with Gasteiger partial charge in [0.25, 0.3) is 0 Å². The number of halogens is 1. The number of imidazole rings is 1. The smallest absolute Gasteiger partial charge is 0.142 e. The number of fused-ring (bicyclic) bond motifs is 1. The maximum Gasteiger partial charge on any atom is 0.142 e. The van der Waals surface area contributed by atoms with E-state index in [0.717, 1.165) is 66.8 Å². The number of ether oxygens (including phenoxy) is 1. The van der Waals surface area contributed by atoms with E-state index >= 15 is 0 Å². The van der Waals surface area contributed by atoms with Gasteiger partial charge < -0.3 is 14.6 Å². The lowest BCUT2D eigenvalue weighted by Gasteiger charge is -2.38. The Kier molecular flexibility index (Phi) is 4.73. The summed E-state index contributed by atoms with van der Waals surface area (Å²) in [6, 6.07) is 12.9. The van der Waals surface area contributed by atoms with Crippen LogP contribution in [-0.2, 0) is 17.7 Å². The molecule has 1 aromatic carbocycles. The van der Waals surface area contributed by atoms with Crippen molar-refractivity contribution in [3.8, 4) is 22.5 Å². The fraction of sp³-hybridized carbons (Fsp3) is 0.417. The van der Waals surface area contributed by atoms with Gasteiger partial charge >= 0.3 is 0 Å². The first kappa shape index (κ1) is 19.0. The Morgan fingerprint density at radius 1 is 1.10 bits per heavy atom. The van der Waals surface area contributed by atoms with Crippen molar-refractivity contribution >= 4 is 5.82 Å². The van der Waals surface area contributed by atoms with Crippen LogP contribution in [0.4, 0.5) is 10.2 Å². The lowest BCUT2D eigenvalue weighted by atomic mass is 10.00. The first-order valence-corrected chi connectivity index (χ1v) is 11.1. The molecule has 0 saturated carbocycles. The molecule has 160 valence electrons. The van der Waals surface area contributed by atoms with Crippen molar-refractivity contribution in [1.82, 2.24) is 19.9 Å². The molecule has 2 saturated heterocycles. The summed E-state index contributed by atoms with van der Waals surface area (Å²) in [5, 5.41) is 0. The molecule has 1 unspecified atom stereocenters. The molecule has 3 aliphatic rings. The molecule has 5 heterocycles. The second-order valence-electron chi connectivity index (χ2n) is 8.68. The van der Waals surface area contributed by atoms with E-state index in [1.807, 2.05) is 30.5 Å². The Morgan fingerprint density at radius 2 is 1.97 bits per heavy atom. The monoisotopic (exact) mass is 419 g/mol. The first-order valence-electron chi connectivity index (χ1n) is 11.1. The topological polar surface area (TPSA) is 57.3 Å². The van der Waals surface area contributed by atoms with Gasteiger partial charge in [0, 0.05) is 32.3 Å². The van der Waals surface area contributed by atoms with Crippen molar-refractivity contribution in [1.29, 1.82) is 0 Å². The van der Waals surface area contributed by atoms with Crippen LogP contribution in [0.5, 0.6) is 0 Å². The normalized spacial score (nSPS) is 21.8. The summed E-state index contributed by atoms with van der Waals surface area (Å²) >= 11 is 0. The average molecular weight is 420 g/mol. The van der Waals surface area contributed by atoms with E-state index < -0.39 is 6.17 Å². The number of rotatable bonds is 4. The summed E-state index contributed by atoms with van der Waals surface area (Å²) in [6.07, 6.45) is 2.49. The number of aromatic nitrogens is 3. The van der Waals surface area contributed by atoms with Gasteiger partial charge in [-0.15, -0.1) is 0 Å². The molecule has 7 heteroatoms. The van der Waals surface area contributed by atoms with E-state index in [4.69, 9.17) is 14.7 Å². The van der Waals surface area contributed by atoms with Gasteiger partial charge in [0.1, 0.15) is 17.8 Å². The van der Waals surface area contributed by atoms with Crippen molar-refractivity contribution in [3.63, 3.8) is 0 Å². The summed E-state index contributed by atoms with van der Waals surface area (Å²) in [5.41, 5.74) is 5.45. The third-order valence-corrected chi connectivity index (χ3v) is 6.68. The number of pyridine rings is 1. The first-order chi connectivity index (χ1) is 15.3. The van der Waals surface area contributed by atoms with E-state index in [2.05, 4.69) is 26.9 Å². The van der Waals surface area contributed by atoms with Gasteiger partial charge in [-0.05, 0) is 23.6 Å². The van der Waals surface area contributed by atoms with Gasteiger partial charge in [0.15, 0.2) is 0 Å². The second kappa shape index (κ2) is 7.73. The number of hydrogen-bond donors (Lipinski definition) is 1. The van der Waals surface area contributed by atoms with Crippen LogP contribution in [0.1, 0.15) is 17.8 Å². The molecule has 0 aliphatic carbocycles. The third kappa shape index (κ3) is 3.42. The molecule has 1 N–H and O–H groups in total. The summed E-state index contributed by atoms with van der Waals surface area (Å²) in [5.74, 6) is 1.65. The third-order valence-electron chi connectivity index (χ3n) is 6.68. The van der Waals surface area contributed by atoms with Crippen molar-refractivity contribution in [2.24, 2.45) is 0 Å². The highest BCUT2D eigenvalue weighted by molar-refractivity contribution is 5.88. The highest BCUT2D eigenvalue weighted by Gasteiger charge is 2.32. The molecule has 2 fully saturated rings. The van der Waals surface area contributed by atoms with Crippen LogP contribution in [-0.4, -0.2) is 64.9 Å². The van der Waals surface area contributed by atoms with Gasteiger partial charge in [-0.3, -0.25) is 4.90 Å². The number of nitrogens with one attached hydrogen (secondary N) is 1. The molecular weight excluding hydrogens is 393 g/mol.